The SMILES string of the molecule is COc1cc(OC)nc(N2CCCC(CNC3CC3)C2)n1. The maximum absolute atomic E-state index is 5.23. The molecular weight excluding hydrogens is 268 g/mol. The second-order valence-corrected chi connectivity index (χ2v) is 5.89. The van der Waals surface area contributed by atoms with Crippen molar-refractivity contribution in [3.05, 3.63) is 6.07 Å². The average molecular weight is 292 g/mol. The van der Waals surface area contributed by atoms with Crippen molar-refractivity contribution in [1.82, 2.24) is 15.3 Å². The van der Waals surface area contributed by atoms with E-state index in [1.165, 1.54) is 25.7 Å². The summed E-state index contributed by atoms with van der Waals surface area (Å²) < 4.78 is 10.5. The lowest BCUT2D eigenvalue weighted by atomic mass is 9.98. The average Bonchev–Trinajstić information content (AvgIpc) is 3.37. The number of aromatic nitrogens is 2. The molecule has 1 unspecified atom stereocenters. The predicted octanol–water partition coefficient (Wildman–Crippen LogP) is 1.46. The number of nitrogens with one attached hydrogen (secondary N) is 1. The molecule has 3 rings (SSSR count). The lowest BCUT2D eigenvalue weighted by molar-refractivity contribution is 0.363. The summed E-state index contributed by atoms with van der Waals surface area (Å²) in [4.78, 5) is 11.2. The van der Waals surface area contributed by atoms with Crippen LogP contribution in [0, 0.1) is 5.92 Å². The van der Waals surface area contributed by atoms with Crippen LogP contribution in [-0.2, 0) is 0 Å². The molecule has 0 amide bonds. The minimum absolute atomic E-state index is 0.551. The van der Waals surface area contributed by atoms with Gasteiger partial charge in [0.15, 0.2) is 0 Å². The molecule has 2 aliphatic rings. The van der Waals surface area contributed by atoms with Crippen molar-refractivity contribution in [3.8, 4) is 11.8 Å². The molecule has 1 saturated carbocycles. The molecule has 2 heterocycles. The number of methoxy groups -OCH3 is 2. The van der Waals surface area contributed by atoms with Crippen LogP contribution in [0.2, 0.25) is 0 Å². The van der Waals surface area contributed by atoms with Crippen LogP contribution in [0.4, 0.5) is 5.95 Å². The normalized spacial score (nSPS) is 22.2. The van der Waals surface area contributed by atoms with Gasteiger partial charge in [-0.05, 0) is 38.1 Å². The zero-order chi connectivity index (χ0) is 14.7. The van der Waals surface area contributed by atoms with Gasteiger partial charge in [-0.3, -0.25) is 0 Å². The number of hydrogen-bond acceptors (Lipinski definition) is 6. The standard InChI is InChI=1S/C15H24N4O2/c1-20-13-8-14(21-2)18-15(17-13)19-7-3-4-11(10-19)9-16-12-5-6-12/h8,11-12,16H,3-7,9-10H2,1-2H3. The van der Waals surface area contributed by atoms with Gasteiger partial charge >= 0.3 is 0 Å². The highest BCUT2D eigenvalue weighted by Crippen LogP contribution is 2.25. The predicted molar refractivity (Wildman–Crippen MR) is 81.1 cm³/mol. The Labute approximate surface area is 125 Å². The Balaban J connectivity index is 1.66. The fourth-order valence-corrected chi connectivity index (χ4v) is 2.78. The Morgan fingerprint density at radius 2 is 1.90 bits per heavy atom. The first-order valence-electron chi connectivity index (χ1n) is 7.74. The Hall–Kier alpha value is -1.56. The molecule has 1 aromatic rings. The molecule has 116 valence electrons. The van der Waals surface area contributed by atoms with Gasteiger partial charge in [0.25, 0.3) is 0 Å². The van der Waals surface area contributed by atoms with Crippen LogP contribution >= 0.6 is 0 Å². The van der Waals surface area contributed by atoms with Gasteiger partial charge in [0.2, 0.25) is 17.7 Å². The summed E-state index contributed by atoms with van der Waals surface area (Å²) in [5.74, 6) is 2.48. The number of anilines is 1. The summed E-state index contributed by atoms with van der Waals surface area (Å²) in [6.07, 6.45) is 5.14. The Kier molecular flexibility index (Phi) is 4.43. The zero-order valence-electron chi connectivity index (χ0n) is 12.8. The first-order chi connectivity index (χ1) is 10.3. The molecule has 2 fully saturated rings. The van der Waals surface area contributed by atoms with E-state index in [0.29, 0.717) is 23.6 Å². The number of nitrogens with zero attached hydrogens (tertiary/aromatic N) is 3. The van der Waals surface area contributed by atoms with E-state index in [-0.39, 0.29) is 0 Å². The van der Waals surface area contributed by atoms with Crippen LogP contribution in [0.5, 0.6) is 11.8 Å². The second-order valence-electron chi connectivity index (χ2n) is 5.89. The van der Waals surface area contributed by atoms with Gasteiger partial charge in [0.05, 0.1) is 20.3 Å². The van der Waals surface area contributed by atoms with Crippen LogP contribution in [0.25, 0.3) is 0 Å². The Morgan fingerprint density at radius 3 is 2.52 bits per heavy atom. The third-order valence-corrected chi connectivity index (χ3v) is 4.16. The summed E-state index contributed by atoms with van der Waals surface area (Å²) in [5, 5.41) is 3.63. The van der Waals surface area contributed by atoms with Crippen LogP contribution in [0.1, 0.15) is 25.7 Å². The summed E-state index contributed by atoms with van der Waals surface area (Å²) in [5.41, 5.74) is 0. The molecule has 1 saturated heterocycles. The second kappa shape index (κ2) is 6.47. The van der Waals surface area contributed by atoms with Crippen molar-refractivity contribution in [1.29, 1.82) is 0 Å². The van der Waals surface area contributed by atoms with Gasteiger partial charge in [0.1, 0.15) is 0 Å². The minimum Gasteiger partial charge on any atom is -0.481 e. The molecule has 0 aromatic carbocycles. The molecule has 6 nitrogen and oxygen atoms in total. The van der Waals surface area contributed by atoms with Crippen LogP contribution in [-0.4, -0.2) is 49.9 Å². The minimum atomic E-state index is 0.551. The molecule has 1 aromatic heterocycles. The summed E-state index contributed by atoms with van der Waals surface area (Å²) in [7, 11) is 3.23. The maximum Gasteiger partial charge on any atom is 0.231 e. The van der Waals surface area contributed by atoms with Gasteiger partial charge < -0.3 is 19.7 Å². The van der Waals surface area contributed by atoms with Crippen LogP contribution in [0.15, 0.2) is 6.07 Å². The van der Waals surface area contributed by atoms with Crippen molar-refractivity contribution in [2.24, 2.45) is 5.92 Å². The third-order valence-electron chi connectivity index (χ3n) is 4.16. The van der Waals surface area contributed by atoms with E-state index in [1.807, 2.05) is 0 Å². The number of piperidine rings is 1. The van der Waals surface area contributed by atoms with Crippen LogP contribution < -0.4 is 19.7 Å². The maximum atomic E-state index is 5.23. The molecule has 1 aliphatic heterocycles. The molecule has 0 bridgehead atoms. The monoisotopic (exact) mass is 292 g/mol. The van der Waals surface area contributed by atoms with E-state index in [2.05, 4.69) is 20.2 Å². The summed E-state index contributed by atoms with van der Waals surface area (Å²) in [6, 6.07) is 2.48. The highest BCUT2D eigenvalue weighted by molar-refractivity contribution is 5.37. The van der Waals surface area contributed by atoms with Crippen LogP contribution in [0.3, 0.4) is 0 Å². The molecular formula is C15H24N4O2. The fourth-order valence-electron chi connectivity index (χ4n) is 2.78. The molecule has 1 N–H and O–H groups in total. The molecule has 1 atom stereocenters. The van der Waals surface area contributed by atoms with E-state index >= 15 is 0 Å². The quantitative estimate of drug-likeness (QED) is 0.856. The van der Waals surface area contributed by atoms with Gasteiger partial charge in [-0.25, -0.2) is 0 Å². The van der Waals surface area contributed by atoms with E-state index in [0.717, 1.165) is 25.7 Å². The lowest BCUT2D eigenvalue weighted by Gasteiger charge is -2.33. The van der Waals surface area contributed by atoms with E-state index < -0.39 is 0 Å². The lowest BCUT2D eigenvalue weighted by Crippen LogP contribution is -2.40. The van der Waals surface area contributed by atoms with Crippen molar-refractivity contribution < 1.29 is 9.47 Å². The molecule has 1 aliphatic carbocycles. The van der Waals surface area contributed by atoms with Gasteiger partial charge in [0, 0.05) is 19.1 Å². The van der Waals surface area contributed by atoms with Crippen molar-refractivity contribution in [2.45, 2.75) is 31.7 Å². The number of hydrogen-bond donors (Lipinski definition) is 1. The van der Waals surface area contributed by atoms with Gasteiger partial charge in [-0.15, -0.1) is 0 Å². The van der Waals surface area contributed by atoms with Crippen molar-refractivity contribution >= 4 is 5.95 Å². The van der Waals surface area contributed by atoms with E-state index in [4.69, 9.17) is 9.47 Å². The van der Waals surface area contributed by atoms with Gasteiger partial charge in [-0.2, -0.15) is 9.97 Å². The van der Waals surface area contributed by atoms with E-state index in [1.54, 1.807) is 20.3 Å². The van der Waals surface area contributed by atoms with Crippen molar-refractivity contribution in [2.75, 3.05) is 38.8 Å². The van der Waals surface area contributed by atoms with E-state index in [9.17, 15) is 0 Å². The smallest absolute Gasteiger partial charge is 0.231 e. The first kappa shape index (κ1) is 14.4. The largest absolute Gasteiger partial charge is 0.481 e. The number of rotatable bonds is 6. The summed E-state index contributed by atoms with van der Waals surface area (Å²) in [6.45, 7) is 3.09. The fraction of sp³-hybridized carbons (Fsp3) is 0.733. The Bertz CT molecular complexity index is 456. The molecule has 6 heteroatoms. The highest BCUT2D eigenvalue weighted by atomic mass is 16.5. The zero-order valence-corrected chi connectivity index (χ0v) is 12.8. The first-order valence-corrected chi connectivity index (χ1v) is 7.74. The summed E-state index contributed by atoms with van der Waals surface area (Å²) >= 11 is 0. The molecule has 0 spiro atoms. The van der Waals surface area contributed by atoms with Crippen molar-refractivity contribution in [3.63, 3.8) is 0 Å². The third kappa shape index (κ3) is 3.75. The molecule has 0 radical (unpaired) electrons. The Morgan fingerprint density at radius 1 is 1.19 bits per heavy atom. The molecule has 21 heavy (non-hydrogen) atoms. The van der Waals surface area contributed by atoms with Gasteiger partial charge in [-0.1, -0.05) is 0 Å². The highest BCUT2D eigenvalue weighted by Gasteiger charge is 2.26. The number of ether oxygens (including phenoxy) is 2. The topological polar surface area (TPSA) is 59.5 Å².